The van der Waals surface area contributed by atoms with Crippen LogP contribution in [0.2, 0.25) is 0 Å². The van der Waals surface area contributed by atoms with Crippen LogP contribution in [0.15, 0.2) is 16.8 Å². The van der Waals surface area contributed by atoms with E-state index in [1.807, 2.05) is 13.8 Å². The average molecular weight is 150 g/mol. The van der Waals surface area contributed by atoms with Crippen molar-refractivity contribution in [3.8, 4) is 0 Å². The zero-order valence-corrected chi connectivity index (χ0v) is 6.72. The lowest BCUT2D eigenvalue weighted by molar-refractivity contribution is 0.380. The van der Waals surface area contributed by atoms with Crippen LogP contribution in [-0.2, 0) is 6.42 Å². The topological polar surface area (TPSA) is 38.9 Å². The van der Waals surface area contributed by atoms with Gasteiger partial charge in [0.25, 0.3) is 0 Å². The maximum Gasteiger partial charge on any atom is 0.226 e. The summed E-state index contributed by atoms with van der Waals surface area (Å²) in [5.41, 5.74) is 3.51. The van der Waals surface area contributed by atoms with Crippen LogP contribution in [0, 0.1) is 0 Å². The monoisotopic (exact) mass is 150 g/mol. The minimum atomic E-state index is 0.580. The van der Waals surface area contributed by atoms with Crippen LogP contribution in [0.25, 0.3) is 5.57 Å². The van der Waals surface area contributed by atoms with Crippen molar-refractivity contribution < 1.29 is 4.52 Å². The molecule has 1 rings (SSSR count). The van der Waals surface area contributed by atoms with E-state index in [1.165, 1.54) is 0 Å². The minimum absolute atomic E-state index is 0.580. The molecule has 0 aromatic carbocycles. The van der Waals surface area contributed by atoms with Crippen molar-refractivity contribution in [3.63, 3.8) is 0 Å². The minimum Gasteiger partial charge on any atom is -0.339 e. The second-order valence-corrected chi connectivity index (χ2v) is 2.17. The van der Waals surface area contributed by atoms with E-state index in [9.17, 15) is 0 Å². The molecule has 0 saturated heterocycles. The van der Waals surface area contributed by atoms with Gasteiger partial charge >= 0.3 is 0 Å². The first-order valence-corrected chi connectivity index (χ1v) is 3.47. The normalized spacial score (nSPS) is 9.27. The molecule has 0 fully saturated rings. The van der Waals surface area contributed by atoms with Crippen molar-refractivity contribution in [3.05, 3.63) is 24.0 Å². The lowest BCUT2D eigenvalue weighted by Crippen LogP contribution is -1.82. The molecule has 0 atom stereocenters. The van der Waals surface area contributed by atoms with Gasteiger partial charge in [0, 0.05) is 12.0 Å². The van der Waals surface area contributed by atoms with Crippen LogP contribution in [0.3, 0.4) is 0 Å². The second kappa shape index (κ2) is 3.17. The molecule has 0 bridgehead atoms. The Morgan fingerprint density at radius 2 is 2.45 bits per heavy atom. The van der Waals surface area contributed by atoms with E-state index in [0.29, 0.717) is 11.7 Å². The van der Waals surface area contributed by atoms with Crippen molar-refractivity contribution in [1.29, 1.82) is 0 Å². The van der Waals surface area contributed by atoms with Crippen molar-refractivity contribution in [2.75, 3.05) is 0 Å². The Hall–Kier alpha value is -1.34. The van der Waals surface area contributed by atoms with Gasteiger partial charge in [-0.2, -0.15) is 4.98 Å². The van der Waals surface area contributed by atoms with Crippen LogP contribution >= 0.6 is 0 Å². The van der Waals surface area contributed by atoms with Gasteiger partial charge < -0.3 is 4.52 Å². The number of nitrogens with zero attached hydrogens (tertiary/aromatic N) is 2. The molecule has 1 heterocycles. The molecule has 0 radical (unpaired) electrons. The smallest absolute Gasteiger partial charge is 0.226 e. The Morgan fingerprint density at radius 3 is 2.91 bits per heavy atom. The van der Waals surface area contributed by atoms with Crippen LogP contribution in [-0.4, -0.2) is 10.1 Å². The van der Waals surface area contributed by atoms with Crippen LogP contribution in [0.5, 0.6) is 0 Å². The third kappa shape index (κ3) is 1.57. The first-order valence-electron chi connectivity index (χ1n) is 3.47. The Balaban J connectivity index is 2.98. The fourth-order valence-electron chi connectivity index (χ4n) is 0.630. The maximum atomic E-state index is 4.89. The van der Waals surface area contributed by atoms with Crippen LogP contribution in [0.1, 0.15) is 25.6 Å². The number of allylic oxidation sites excluding steroid dienone is 1. The second-order valence-electron chi connectivity index (χ2n) is 2.17. The zero-order chi connectivity index (χ0) is 8.27. The SMILES string of the molecule is C=C=C(C)c1noc(CC)n1. The highest BCUT2D eigenvalue weighted by atomic mass is 16.5. The molecule has 0 aliphatic heterocycles. The van der Waals surface area contributed by atoms with Gasteiger partial charge in [-0.3, -0.25) is 0 Å². The third-order valence-electron chi connectivity index (χ3n) is 1.37. The summed E-state index contributed by atoms with van der Waals surface area (Å²) in [6.07, 6.45) is 0.761. The molecule has 0 spiro atoms. The highest BCUT2D eigenvalue weighted by molar-refractivity contribution is 5.55. The van der Waals surface area contributed by atoms with Crippen molar-refractivity contribution >= 4 is 5.57 Å². The summed E-state index contributed by atoms with van der Waals surface area (Å²) in [6.45, 7) is 7.30. The molecule has 0 aliphatic carbocycles. The molecule has 58 valence electrons. The molecular weight excluding hydrogens is 140 g/mol. The van der Waals surface area contributed by atoms with E-state index >= 15 is 0 Å². The van der Waals surface area contributed by atoms with Gasteiger partial charge in [-0.05, 0) is 6.92 Å². The molecule has 1 aromatic heterocycles. The first kappa shape index (κ1) is 7.76. The molecule has 0 N–H and O–H groups in total. The van der Waals surface area contributed by atoms with Gasteiger partial charge in [0.1, 0.15) is 0 Å². The Labute approximate surface area is 65.4 Å². The Bertz CT molecular complexity index is 295. The molecule has 0 amide bonds. The summed E-state index contributed by atoms with van der Waals surface area (Å²) in [5, 5.41) is 3.73. The largest absolute Gasteiger partial charge is 0.339 e. The van der Waals surface area contributed by atoms with Gasteiger partial charge in [-0.25, -0.2) is 0 Å². The highest BCUT2D eigenvalue weighted by Gasteiger charge is 2.04. The summed E-state index contributed by atoms with van der Waals surface area (Å²) in [4.78, 5) is 4.08. The molecule has 0 unspecified atom stereocenters. The molecule has 0 saturated carbocycles. The van der Waals surface area contributed by atoms with E-state index in [4.69, 9.17) is 4.52 Å². The number of hydrogen-bond acceptors (Lipinski definition) is 3. The van der Waals surface area contributed by atoms with Crippen molar-refractivity contribution in [1.82, 2.24) is 10.1 Å². The third-order valence-corrected chi connectivity index (χ3v) is 1.37. The summed E-state index contributed by atoms with van der Waals surface area (Å²) < 4.78 is 4.89. The fraction of sp³-hybridized carbons (Fsp3) is 0.375. The van der Waals surface area contributed by atoms with Crippen molar-refractivity contribution in [2.24, 2.45) is 0 Å². The quantitative estimate of drug-likeness (QED) is 0.603. The number of aromatic nitrogens is 2. The van der Waals surface area contributed by atoms with E-state index in [-0.39, 0.29) is 0 Å². The predicted molar refractivity (Wildman–Crippen MR) is 41.9 cm³/mol. The molecule has 3 heteroatoms. The Morgan fingerprint density at radius 1 is 1.73 bits per heavy atom. The van der Waals surface area contributed by atoms with Gasteiger partial charge in [-0.1, -0.05) is 18.7 Å². The Kier molecular flexibility index (Phi) is 2.24. The van der Waals surface area contributed by atoms with Crippen LogP contribution in [0.4, 0.5) is 0 Å². The average Bonchev–Trinajstić information content (AvgIpc) is 2.50. The summed E-state index contributed by atoms with van der Waals surface area (Å²) in [7, 11) is 0. The van der Waals surface area contributed by atoms with Gasteiger partial charge in [0.05, 0.1) is 0 Å². The lowest BCUT2D eigenvalue weighted by Gasteiger charge is -1.82. The molecule has 1 aromatic rings. The van der Waals surface area contributed by atoms with E-state index in [0.717, 1.165) is 12.0 Å². The van der Waals surface area contributed by atoms with E-state index in [2.05, 4.69) is 22.5 Å². The fourth-order valence-corrected chi connectivity index (χ4v) is 0.630. The summed E-state index contributed by atoms with van der Waals surface area (Å²) in [5.74, 6) is 1.23. The highest BCUT2D eigenvalue weighted by Crippen LogP contribution is 2.07. The number of aryl methyl sites for hydroxylation is 1. The molecule has 3 nitrogen and oxygen atoms in total. The molecule has 0 aliphatic rings. The summed E-state index contributed by atoms with van der Waals surface area (Å²) >= 11 is 0. The first-order chi connectivity index (χ1) is 5.27. The lowest BCUT2D eigenvalue weighted by atomic mass is 10.3. The zero-order valence-electron chi connectivity index (χ0n) is 6.72. The maximum absolute atomic E-state index is 4.89. The molecular formula is C8H10N2O. The van der Waals surface area contributed by atoms with Gasteiger partial charge in [0.15, 0.2) is 0 Å². The number of hydrogen-bond donors (Lipinski definition) is 0. The van der Waals surface area contributed by atoms with E-state index < -0.39 is 0 Å². The standard InChI is InChI=1S/C8H10N2O/c1-4-6(3)8-9-7(5-2)11-10-8/h1,5H2,2-3H3. The molecule has 11 heavy (non-hydrogen) atoms. The van der Waals surface area contributed by atoms with Crippen molar-refractivity contribution in [2.45, 2.75) is 20.3 Å². The van der Waals surface area contributed by atoms with Crippen LogP contribution < -0.4 is 0 Å². The van der Waals surface area contributed by atoms with E-state index in [1.54, 1.807) is 0 Å². The summed E-state index contributed by atoms with van der Waals surface area (Å²) in [6, 6.07) is 0. The van der Waals surface area contributed by atoms with Gasteiger partial charge in [-0.15, -0.1) is 5.73 Å². The van der Waals surface area contributed by atoms with Gasteiger partial charge in [0.2, 0.25) is 11.7 Å². The number of rotatable bonds is 2. The predicted octanol–water partition coefficient (Wildman–Crippen LogP) is 1.82.